The third kappa shape index (κ3) is 5.21. The van der Waals surface area contributed by atoms with E-state index in [1.165, 1.54) is 12.4 Å². The predicted octanol–water partition coefficient (Wildman–Crippen LogP) is 2.84. The third-order valence-corrected chi connectivity index (χ3v) is 8.04. The number of benzene rings is 1. The van der Waals surface area contributed by atoms with Gasteiger partial charge in [-0.05, 0) is 50.4 Å². The van der Waals surface area contributed by atoms with E-state index in [1.54, 1.807) is 29.0 Å². The Labute approximate surface area is 228 Å². The summed E-state index contributed by atoms with van der Waals surface area (Å²) < 4.78 is 38.8. The van der Waals surface area contributed by atoms with Gasteiger partial charge in [0.05, 0.1) is 16.4 Å². The molecule has 1 saturated heterocycles. The van der Waals surface area contributed by atoms with Gasteiger partial charge in [0, 0.05) is 38.2 Å². The lowest BCUT2D eigenvalue weighted by Gasteiger charge is -2.42. The number of ether oxygens (including phenoxy) is 2. The molecule has 0 radical (unpaired) electrons. The number of aromatic amines is 1. The molecule has 214 valence electrons. The average Bonchev–Trinajstić information content (AvgIpc) is 3.54. The van der Waals surface area contributed by atoms with Gasteiger partial charge in [-0.2, -0.15) is 8.78 Å². The molecule has 5 N–H and O–H groups in total. The van der Waals surface area contributed by atoms with Crippen molar-refractivity contribution < 1.29 is 28.5 Å². The van der Waals surface area contributed by atoms with Gasteiger partial charge < -0.3 is 39.9 Å². The number of H-pyrrole nitrogens is 1. The van der Waals surface area contributed by atoms with Gasteiger partial charge in [-0.3, -0.25) is 0 Å². The number of aliphatic hydroxyl groups excluding tert-OH is 2. The number of aryl methyl sites for hydroxylation is 1. The molecular formula is C27H33F2N7O4. The van der Waals surface area contributed by atoms with Crippen LogP contribution in [0.15, 0.2) is 36.8 Å². The summed E-state index contributed by atoms with van der Waals surface area (Å²) in [7, 11) is 2.01. The Morgan fingerprint density at radius 1 is 1.23 bits per heavy atom. The number of imidazole rings is 1. The van der Waals surface area contributed by atoms with Crippen LogP contribution in [0.1, 0.15) is 38.2 Å². The molecule has 3 aromatic heterocycles. The number of aliphatic hydroxyl groups is 2. The average molecular weight is 558 g/mol. The van der Waals surface area contributed by atoms with E-state index in [2.05, 4.69) is 29.6 Å². The zero-order chi connectivity index (χ0) is 28.2. The number of fused-ring (bicyclic) bond motifs is 2. The van der Waals surface area contributed by atoms with Crippen molar-refractivity contribution in [2.45, 2.75) is 69.3 Å². The van der Waals surface area contributed by atoms with Crippen LogP contribution in [0.4, 0.5) is 14.6 Å². The zero-order valence-corrected chi connectivity index (χ0v) is 22.2. The third-order valence-electron chi connectivity index (χ3n) is 8.04. The topological polar surface area (TPSA) is 148 Å². The lowest BCUT2D eigenvalue weighted by atomic mass is 9.76. The predicted molar refractivity (Wildman–Crippen MR) is 143 cm³/mol. The number of likely N-dealkylation sites (N-methyl/N-ethyl adjacent to an activating group) is 1. The summed E-state index contributed by atoms with van der Waals surface area (Å²) >= 11 is 0. The van der Waals surface area contributed by atoms with Crippen molar-refractivity contribution in [1.82, 2.24) is 29.4 Å². The van der Waals surface area contributed by atoms with E-state index < -0.39 is 30.6 Å². The van der Waals surface area contributed by atoms with E-state index in [1.807, 2.05) is 7.05 Å². The lowest BCUT2D eigenvalue weighted by molar-refractivity contribution is -0.158. The quantitative estimate of drug-likeness (QED) is 0.244. The zero-order valence-electron chi connectivity index (χ0n) is 22.2. The first kappa shape index (κ1) is 26.8. The number of nitrogen functional groups attached to an aromatic ring is 1. The van der Waals surface area contributed by atoms with Crippen LogP contribution in [0, 0.1) is 5.92 Å². The van der Waals surface area contributed by atoms with Gasteiger partial charge in [0.2, 0.25) is 0 Å². The van der Waals surface area contributed by atoms with Crippen molar-refractivity contribution in [2.24, 2.45) is 5.92 Å². The van der Waals surface area contributed by atoms with Crippen LogP contribution >= 0.6 is 0 Å². The van der Waals surface area contributed by atoms with Crippen molar-refractivity contribution in [2.75, 3.05) is 19.3 Å². The molecule has 13 heteroatoms. The summed E-state index contributed by atoms with van der Waals surface area (Å²) in [6.45, 7) is 1.19. The maximum Gasteiger partial charge on any atom is 0.394 e. The number of anilines is 1. The fourth-order valence-corrected chi connectivity index (χ4v) is 5.81. The van der Waals surface area contributed by atoms with Crippen molar-refractivity contribution in [3.8, 4) is 5.75 Å². The molecule has 0 spiro atoms. The minimum Gasteiger partial charge on any atom is -0.433 e. The van der Waals surface area contributed by atoms with Crippen LogP contribution in [-0.4, -0.2) is 83.7 Å². The maximum atomic E-state index is 13.2. The molecule has 1 aliphatic carbocycles. The molecule has 0 amide bonds. The van der Waals surface area contributed by atoms with Gasteiger partial charge in [0.25, 0.3) is 0 Å². The molecule has 6 rings (SSSR count). The number of hydrogen-bond acceptors (Lipinski definition) is 9. The van der Waals surface area contributed by atoms with E-state index in [4.69, 9.17) is 10.5 Å². The number of nitrogens with two attached hydrogens (primary N) is 1. The smallest absolute Gasteiger partial charge is 0.394 e. The number of aromatic nitrogens is 5. The standard InChI is InChI=1S/C27H33F2N7O4/c1-27(28,29)40-16-4-5-18-19(11-16)34-21(33-18)6-3-14-9-15(10-14)35(2)12-20-22(37)23(38)26(39-20)36-8-7-17-24(30)31-13-32-25(17)36/h4-5,7-8,11,13-15,20,22-23,26,37-38H,3,6,9-10,12H2,1-2H3,(H,33,34)(H2,30,31,32)/t14?,15?,20-,22-,23-,26-/m1/s1. The molecule has 2 aliphatic rings. The Hall–Kier alpha value is -3.39. The second-order valence-corrected chi connectivity index (χ2v) is 11.0. The van der Waals surface area contributed by atoms with Gasteiger partial charge >= 0.3 is 6.11 Å². The van der Waals surface area contributed by atoms with Crippen LogP contribution < -0.4 is 10.5 Å². The lowest BCUT2D eigenvalue weighted by Crippen LogP contribution is -2.47. The van der Waals surface area contributed by atoms with Crippen LogP contribution in [0.25, 0.3) is 22.1 Å². The van der Waals surface area contributed by atoms with Gasteiger partial charge in [-0.1, -0.05) is 0 Å². The fraction of sp³-hybridized carbons (Fsp3) is 0.519. The molecule has 1 saturated carbocycles. The number of nitrogens with one attached hydrogen (secondary N) is 1. The summed E-state index contributed by atoms with van der Waals surface area (Å²) in [5.74, 6) is 1.79. The first-order chi connectivity index (χ1) is 19.1. The SMILES string of the molecule is CN(C[C@H]1O[C@@H](n2ccc3c(N)ncnc32)[C@H](O)[C@@H]1O)C1CC(CCc2nc3ccc(OC(C)(F)F)cc3[nH]2)C1. The number of halogens is 2. The monoisotopic (exact) mass is 557 g/mol. The molecule has 4 aromatic rings. The summed E-state index contributed by atoms with van der Waals surface area (Å²) in [5.41, 5.74) is 7.86. The van der Waals surface area contributed by atoms with E-state index >= 15 is 0 Å². The van der Waals surface area contributed by atoms with E-state index in [0.29, 0.717) is 53.3 Å². The maximum absolute atomic E-state index is 13.2. The van der Waals surface area contributed by atoms with Crippen LogP contribution in [-0.2, 0) is 11.2 Å². The van der Waals surface area contributed by atoms with Crippen LogP contribution in [0.2, 0.25) is 0 Å². The van der Waals surface area contributed by atoms with E-state index in [-0.39, 0.29) is 5.75 Å². The minimum atomic E-state index is -3.24. The molecule has 2 fully saturated rings. The molecular weight excluding hydrogens is 524 g/mol. The summed E-state index contributed by atoms with van der Waals surface area (Å²) in [6.07, 6.45) is 0.0979. The molecule has 1 aromatic carbocycles. The van der Waals surface area contributed by atoms with E-state index in [0.717, 1.165) is 31.5 Å². The normalized spacial score (nSPS) is 27.1. The number of hydrogen-bond donors (Lipinski definition) is 4. The molecule has 0 bridgehead atoms. The fourth-order valence-electron chi connectivity index (χ4n) is 5.81. The van der Waals surface area contributed by atoms with E-state index in [9.17, 15) is 19.0 Å². The Balaban J connectivity index is 0.999. The summed E-state index contributed by atoms with van der Waals surface area (Å²) in [4.78, 5) is 18.2. The van der Waals surface area contributed by atoms with Gasteiger partial charge in [-0.15, -0.1) is 0 Å². The highest BCUT2D eigenvalue weighted by Crippen LogP contribution is 2.37. The highest BCUT2D eigenvalue weighted by molar-refractivity contribution is 5.86. The Morgan fingerprint density at radius 2 is 2.02 bits per heavy atom. The summed E-state index contributed by atoms with van der Waals surface area (Å²) in [5, 5.41) is 22.2. The van der Waals surface area contributed by atoms with Gasteiger partial charge in [0.15, 0.2) is 6.23 Å². The Bertz CT molecular complexity index is 1500. The number of alkyl halides is 2. The van der Waals surface area contributed by atoms with Gasteiger partial charge in [0.1, 0.15) is 47.7 Å². The second kappa shape index (κ2) is 10.2. The van der Waals surface area contributed by atoms with Crippen molar-refractivity contribution in [3.63, 3.8) is 0 Å². The first-order valence-electron chi connectivity index (χ1n) is 13.4. The Kier molecular flexibility index (Phi) is 6.85. The van der Waals surface area contributed by atoms with Crippen molar-refractivity contribution in [1.29, 1.82) is 0 Å². The Morgan fingerprint density at radius 3 is 2.80 bits per heavy atom. The summed E-state index contributed by atoms with van der Waals surface area (Å²) in [6, 6.07) is 6.83. The van der Waals surface area contributed by atoms with Crippen molar-refractivity contribution >= 4 is 27.9 Å². The molecule has 11 nitrogen and oxygen atoms in total. The second-order valence-electron chi connectivity index (χ2n) is 11.0. The van der Waals surface area contributed by atoms with Crippen LogP contribution in [0.3, 0.4) is 0 Å². The molecule has 4 atom stereocenters. The molecule has 1 aliphatic heterocycles. The van der Waals surface area contributed by atoms with Gasteiger partial charge in [-0.25, -0.2) is 15.0 Å². The van der Waals surface area contributed by atoms with Crippen molar-refractivity contribution in [3.05, 3.63) is 42.6 Å². The van der Waals surface area contributed by atoms with Crippen LogP contribution in [0.5, 0.6) is 5.75 Å². The largest absolute Gasteiger partial charge is 0.433 e. The minimum absolute atomic E-state index is 0.0932. The number of nitrogens with zero attached hydrogens (tertiary/aromatic N) is 5. The highest BCUT2D eigenvalue weighted by Gasteiger charge is 2.45. The molecule has 4 heterocycles. The molecule has 0 unspecified atom stereocenters. The molecule has 40 heavy (non-hydrogen) atoms. The first-order valence-corrected chi connectivity index (χ1v) is 13.4. The highest BCUT2D eigenvalue weighted by atomic mass is 19.3. The number of rotatable bonds is 9.